The first-order chi connectivity index (χ1) is 8.06. The molecule has 0 saturated heterocycles. The molecule has 2 aliphatic rings. The fourth-order valence-electron chi connectivity index (χ4n) is 1.84. The van der Waals surface area contributed by atoms with E-state index in [2.05, 4.69) is 5.10 Å². The van der Waals surface area contributed by atoms with Gasteiger partial charge in [-0.15, -0.1) is 0 Å². The van der Waals surface area contributed by atoms with Crippen LogP contribution in [0.4, 0.5) is 4.79 Å². The number of rotatable bonds is 5. The SMILES string of the molecule is CN(CC1=NN(CCC2CC2)C(=O)C1)C(=O)O. The first-order valence-electron chi connectivity index (χ1n) is 5.87. The molecule has 1 N–H and O–H groups in total. The maximum Gasteiger partial charge on any atom is 0.407 e. The van der Waals surface area contributed by atoms with Crippen LogP contribution in [0.15, 0.2) is 5.10 Å². The van der Waals surface area contributed by atoms with E-state index in [0.29, 0.717) is 12.3 Å². The Morgan fingerprint density at radius 2 is 2.29 bits per heavy atom. The fourth-order valence-corrected chi connectivity index (χ4v) is 1.84. The van der Waals surface area contributed by atoms with E-state index in [1.54, 1.807) is 0 Å². The van der Waals surface area contributed by atoms with Gasteiger partial charge in [0, 0.05) is 13.6 Å². The molecule has 6 nitrogen and oxygen atoms in total. The largest absolute Gasteiger partial charge is 0.465 e. The molecule has 6 heteroatoms. The lowest BCUT2D eigenvalue weighted by molar-refractivity contribution is -0.128. The Bertz CT molecular complexity index is 363. The molecule has 0 atom stereocenters. The summed E-state index contributed by atoms with van der Waals surface area (Å²) in [6, 6.07) is 0. The lowest BCUT2D eigenvalue weighted by atomic mass is 10.2. The Morgan fingerprint density at radius 1 is 1.59 bits per heavy atom. The average Bonchev–Trinajstić information content (AvgIpc) is 3.01. The number of carbonyl (C=O) groups is 2. The summed E-state index contributed by atoms with van der Waals surface area (Å²) in [7, 11) is 1.47. The highest BCUT2D eigenvalue weighted by Gasteiger charge is 2.28. The van der Waals surface area contributed by atoms with Crippen molar-refractivity contribution in [2.45, 2.75) is 25.7 Å². The van der Waals surface area contributed by atoms with Crippen LogP contribution in [0.25, 0.3) is 0 Å². The molecule has 94 valence electrons. The van der Waals surface area contributed by atoms with Gasteiger partial charge in [-0.2, -0.15) is 5.10 Å². The fraction of sp³-hybridized carbons (Fsp3) is 0.727. The molecule has 2 rings (SSSR count). The molecule has 1 aliphatic heterocycles. The summed E-state index contributed by atoms with van der Waals surface area (Å²) >= 11 is 0. The van der Waals surface area contributed by atoms with Crippen molar-refractivity contribution in [1.29, 1.82) is 0 Å². The highest BCUT2D eigenvalue weighted by molar-refractivity contribution is 6.06. The van der Waals surface area contributed by atoms with E-state index >= 15 is 0 Å². The molecule has 0 aromatic rings. The molecule has 2 amide bonds. The summed E-state index contributed by atoms with van der Waals surface area (Å²) < 4.78 is 0. The Balaban J connectivity index is 1.84. The van der Waals surface area contributed by atoms with Crippen molar-refractivity contribution >= 4 is 17.7 Å². The van der Waals surface area contributed by atoms with Crippen LogP contribution < -0.4 is 0 Å². The zero-order chi connectivity index (χ0) is 12.4. The standard InChI is InChI=1S/C11H17N3O3/c1-13(11(16)17)7-9-6-10(15)14(12-9)5-4-8-2-3-8/h8H,2-7H2,1H3,(H,16,17). The normalized spacial score (nSPS) is 19.5. The first kappa shape index (κ1) is 11.9. The summed E-state index contributed by atoms with van der Waals surface area (Å²) in [5.41, 5.74) is 0.635. The van der Waals surface area contributed by atoms with Gasteiger partial charge in [-0.25, -0.2) is 9.80 Å². The number of carboxylic acid groups (broad SMARTS) is 1. The van der Waals surface area contributed by atoms with Crippen LogP contribution in [0, 0.1) is 5.92 Å². The topological polar surface area (TPSA) is 73.2 Å². The van der Waals surface area contributed by atoms with Crippen LogP contribution in [-0.4, -0.2) is 52.9 Å². The summed E-state index contributed by atoms with van der Waals surface area (Å²) in [6.07, 6.45) is 2.79. The van der Waals surface area contributed by atoms with Gasteiger partial charge in [-0.05, 0) is 12.3 Å². The monoisotopic (exact) mass is 239 g/mol. The van der Waals surface area contributed by atoms with Gasteiger partial charge in [-0.3, -0.25) is 4.79 Å². The number of hydrazone groups is 1. The van der Waals surface area contributed by atoms with Crippen LogP contribution in [0.3, 0.4) is 0 Å². The van der Waals surface area contributed by atoms with Crippen LogP contribution in [0.1, 0.15) is 25.7 Å². The molecule has 0 spiro atoms. The molecule has 0 bridgehead atoms. The minimum atomic E-state index is -1.00. The van der Waals surface area contributed by atoms with E-state index in [0.717, 1.165) is 17.2 Å². The average molecular weight is 239 g/mol. The highest BCUT2D eigenvalue weighted by Crippen LogP contribution is 2.32. The van der Waals surface area contributed by atoms with Crippen molar-refractivity contribution in [1.82, 2.24) is 9.91 Å². The van der Waals surface area contributed by atoms with E-state index in [-0.39, 0.29) is 18.9 Å². The van der Waals surface area contributed by atoms with Crippen molar-refractivity contribution in [3.8, 4) is 0 Å². The molecule has 0 aromatic heterocycles. The van der Waals surface area contributed by atoms with Crippen molar-refractivity contribution in [2.24, 2.45) is 11.0 Å². The second-order valence-electron chi connectivity index (χ2n) is 4.73. The summed E-state index contributed by atoms with van der Waals surface area (Å²) in [6.45, 7) is 0.880. The summed E-state index contributed by atoms with van der Waals surface area (Å²) in [5, 5.41) is 14.4. The zero-order valence-corrected chi connectivity index (χ0v) is 9.93. The first-order valence-corrected chi connectivity index (χ1v) is 5.87. The van der Waals surface area contributed by atoms with Crippen LogP contribution in [-0.2, 0) is 4.79 Å². The molecule has 0 unspecified atom stereocenters. The predicted octanol–water partition coefficient (Wildman–Crippen LogP) is 0.985. The highest BCUT2D eigenvalue weighted by atomic mass is 16.4. The van der Waals surface area contributed by atoms with Gasteiger partial charge in [0.2, 0.25) is 5.91 Å². The van der Waals surface area contributed by atoms with E-state index < -0.39 is 6.09 Å². The number of hydrogen-bond donors (Lipinski definition) is 1. The molecule has 17 heavy (non-hydrogen) atoms. The molecular formula is C11H17N3O3. The lowest BCUT2D eigenvalue weighted by Gasteiger charge is -2.11. The summed E-state index contributed by atoms with van der Waals surface area (Å²) in [5.74, 6) is 0.753. The van der Waals surface area contributed by atoms with Gasteiger partial charge in [0.1, 0.15) is 0 Å². The van der Waals surface area contributed by atoms with Gasteiger partial charge >= 0.3 is 6.09 Å². The Morgan fingerprint density at radius 3 is 2.88 bits per heavy atom. The van der Waals surface area contributed by atoms with Crippen molar-refractivity contribution in [2.75, 3.05) is 20.1 Å². The third-order valence-electron chi connectivity index (χ3n) is 3.10. The van der Waals surface area contributed by atoms with Crippen molar-refractivity contribution in [3.63, 3.8) is 0 Å². The van der Waals surface area contributed by atoms with Crippen LogP contribution in [0.2, 0.25) is 0 Å². The van der Waals surface area contributed by atoms with Gasteiger partial charge in [-0.1, -0.05) is 12.8 Å². The second kappa shape index (κ2) is 4.73. The smallest absolute Gasteiger partial charge is 0.407 e. The van der Waals surface area contributed by atoms with Crippen molar-refractivity contribution in [3.05, 3.63) is 0 Å². The molecule has 1 saturated carbocycles. The Labute approximate surface area is 99.9 Å². The minimum Gasteiger partial charge on any atom is -0.465 e. The van der Waals surface area contributed by atoms with Crippen LogP contribution >= 0.6 is 0 Å². The molecule has 1 heterocycles. The minimum absolute atomic E-state index is 0.0144. The van der Waals surface area contributed by atoms with Gasteiger partial charge < -0.3 is 10.0 Å². The molecule has 1 fully saturated rings. The number of amides is 2. The van der Waals surface area contributed by atoms with E-state index in [1.807, 2.05) is 0 Å². The van der Waals surface area contributed by atoms with E-state index in [4.69, 9.17) is 5.11 Å². The quantitative estimate of drug-likeness (QED) is 0.777. The third-order valence-corrected chi connectivity index (χ3v) is 3.10. The maximum absolute atomic E-state index is 11.6. The molecular weight excluding hydrogens is 222 g/mol. The molecule has 0 aromatic carbocycles. The Kier molecular flexibility index (Phi) is 3.31. The maximum atomic E-state index is 11.6. The number of carbonyl (C=O) groups excluding carboxylic acids is 1. The Hall–Kier alpha value is -1.59. The molecule has 1 aliphatic carbocycles. The van der Waals surface area contributed by atoms with Gasteiger partial charge in [0.25, 0.3) is 0 Å². The number of nitrogens with zero attached hydrogens (tertiary/aromatic N) is 3. The molecule has 0 radical (unpaired) electrons. The lowest BCUT2D eigenvalue weighted by Crippen LogP contribution is -2.30. The summed E-state index contributed by atoms with van der Waals surface area (Å²) in [4.78, 5) is 23.4. The second-order valence-corrected chi connectivity index (χ2v) is 4.73. The zero-order valence-electron chi connectivity index (χ0n) is 9.93. The van der Waals surface area contributed by atoms with Gasteiger partial charge in [0.15, 0.2) is 0 Å². The predicted molar refractivity (Wildman–Crippen MR) is 61.8 cm³/mol. The van der Waals surface area contributed by atoms with E-state index in [1.165, 1.54) is 24.9 Å². The van der Waals surface area contributed by atoms with Crippen molar-refractivity contribution < 1.29 is 14.7 Å². The van der Waals surface area contributed by atoms with Gasteiger partial charge in [0.05, 0.1) is 18.7 Å². The van der Waals surface area contributed by atoms with Crippen LogP contribution in [0.5, 0.6) is 0 Å². The van der Waals surface area contributed by atoms with E-state index in [9.17, 15) is 9.59 Å². The third kappa shape index (κ3) is 3.18. The number of hydrogen-bond acceptors (Lipinski definition) is 3.